The molecule has 0 aliphatic rings. The Labute approximate surface area is 847 Å². The Balaban J connectivity index is 0.000000107. The quantitative estimate of drug-likeness (QED) is 0.108. The van der Waals surface area contributed by atoms with Crippen molar-refractivity contribution in [3.63, 3.8) is 0 Å². The number of fused-ring (bicyclic) bond motifs is 28. The summed E-state index contributed by atoms with van der Waals surface area (Å²) in [7, 11) is 0. The van der Waals surface area contributed by atoms with Crippen molar-refractivity contribution in [2.45, 2.75) is 0 Å². The predicted molar refractivity (Wildman–Crippen MR) is 610 cm³/mol. The van der Waals surface area contributed by atoms with E-state index in [1.807, 2.05) is 193 Å². The third kappa shape index (κ3) is 15.2. The smallest absolute Gasteiger partial charge is 0.164 e. The van der Waals surface area contributed by atoms with Gasteiger partial charge < -0.3 is 8.83 Å². The number of hydrogen-bond donors (Lipinski definition) is 0. The highest BCUT2D eigenvalue weighted by molar-refractivity contribution is 7.26. The van der Waals surface area contributed by atoms with E-state index in [2.05, 4.69) is 309 Å². The molecular formula is C135H81N9O2S. The molecule has 0 unspecified atom stereocenters. The Hall–Kier alpha value is -19.5. The van der Waals surface area contributed by atoms with Crippen molar-refractivity contribution in [3.8, 4) is 136 Å². The average Bonchev–Trinajstić information content (AvgIpc) is 1.69. The Kier molecular flexibility index (Phi) is 20.9. The highest BCUT2D eigenvalue weighted by Gasteiger charge is 2.25. The molecule has 30 aromatic rings. The molecule has 12 heteroatoms. The molecule has 30 rings (SSSR count). The maximum absolute atomic E-state index is 6.92. The van der Waals surface area contributed by atoms with Gasteiger partial charge in [-0.3, -0.25) is 0 Å². The molecule has 0 N–H and O–H groups in total. The summed E-state index contributed by atoms with van der Waals surface area (Å²) in [6.45, 7) is 0. The molecule has 11 nitrogen and oxygen atoms in total. The number of aromatic nitrogens is 9. The molecular weight excluding hydrogens is 1810 g/mol. The van der Waals surface area contributed by atoms with E-state index in [0.29, 0.717) is 52.4 Å². The van der Waals surface area contributed by atoms with Gasteiger partial charge in [0.2, 0.25) is 0 Å². The number of furan rings is 2. The van der Waals surface area contributed by atoms with Crippen LogP contribution in [0.1, 0.15) is 0 Å². The number of benzene rings is 24. The second-order valence-electron chi connectivity index (χ2n) is 37.1. The number of para-hydroxylation sites is 2. The first-order valence-corrected chi connectivity index (χ1v) is 50.2. The second kappa shape index (κ2) is 35.9. The van der Waals surface area contributed by atoms with Gasteiger partial charge in [-0.15, -0.1) is 11.3 Å². The zero-order chi connectivity index (χ0) is 96.9. The van der Waals surface area contributed by atoms with E-state index in [-0.39, 0.29) is 0 Å². The molecule has 147 heavy (non-hydrogen) atoms. The third-order valence-corrected chi connectivity index (χ3v) is 29.8. The van der Waals surface area contributed by atoms with E-state index < -0.39 is 0 Å². The predicted octanol–water partition coefficient (Wildman–Crippen LogP) is 36.2. The first kappa shape index (κ1) is 85.4. The average molecular weight is 1890 g/mol. The number of nitrogens with zero attached hydrogens (tertiary/aromatic N) is 9. The normalized spacial score (nSPS) is 11.7. The number of thiophene rings is 1. The van der Waals surface area contributed by atoms with Gasteiger partial charge in [0, 0.05) is 108 Å². The summed E-state index contributed by atoms with van der Waals surface area (Å²) in [6.07, 6.45) is 0. The van der Waals surface area contributed by atoms with Crippen LogP contribution in [0.4, 0.5) is 0 Å². The summed E-state index contributed by atoms with van der Waals surface area (Å²) in [6, 6.07) is 172. The summed E-state index contributed by atoms with van der Waals surface area (Å²) < 4.78 is 16.2. The van der Waals surface area contributed by atoms with E-state index in [4.69, 9.17) is 53.7 Å². The standard InChI is InChI=1S/2C45H27N3O.C45H27N3S/c1-3-12-29(13-4-1)43-46-44(30-14-5-2-6-15-30)48-45(47-43)31-24-22-28(23-25-31)32-20-11-21-37-40-26-38-35-18-9-7-16-33(35)34-17-8-10-19-36(34)39(38)27-41(40)49-42(32)37;1-3-12-29(13-4-1)43-46-44(30-14-5-2-6-15-30)48-45(47-43)31-24-22-28(23-25-31)32-20-11-21-38-39-27-26-37-35-18-8-7-16-33(35)34-17-9-10-19-36(34)40(37)42(39)49-41(32)38;1-3-12-29(13-4-1)43-46-44(30-14-5-2-6-15-30)48-45(47-43)31-24-22-28(23-25-31)32-20-11-21-37-40-26-38-35-18-9-7-16-33(35)34-17-8-10-19-36(34)39(38)27-41(40)49-42(32)37/h3*1-27H. The summed E-state index contributed by atoms with van der Waals surface area (Å²) in [4.78, 5) is 44.0. The molecule has 0 aliphatic carbocycles. The third-order valence-electron chi connectivity index (χ3n) is 28.6. The van der Waals surface area contributed by atoms with Gasteiger partial charge >= 0.3 is 0 Å². The van der Waals surface area contributed by atoms with Gasteiger partial charge in [0.25, 0.3) is 0 Å². The van der Waals surface area contributed by atoms with Gasteiger partial charge in [-0.05, 0) is 144 Å². The number of hydrogen-bond acceptors (Lipinski definition) is 12. The first-order chi connectivity index (χ1) is 72.9. The minimum Gasteiger partial charge on any atom is -0.455 e. The van der Waals surface area contributed by atoms with Crippen LogP contribution < -0.4 is 0 Å². The molecule has 0 aliphatic heterocycles. The van der Waals surface area contributed by atoms with Gasteiger partial charge in [0.05, 0.1) is 0 Å². The van der Waals surface area contributed by atoms with Crippen LogP contribution in [0.5, 0.6) is 0 Å². The molecule has 0 radical (unpaired) electrons. The van der Waals surface area contributed by atoms with Crippen LogP contribution in [-0.2, 0) is 0 Å². The van der Waals surface area contributed by atoms with Crippen molar-refractivity contribution in [2.24, 2.45) is 0 Å². The fourth-order valence-electron chi connectivity index (χ4n) is 21.5. The van der Waals surface area contributed by atoms with Crippen molar-refractivity contribution >= 4 is 172 Å². The zero-order valence-corrected chi connectivity index (χ0v) is 79.8. The molecule has 0 atom stereocenters. The van der Waals surface area contributed by atoms with E-state index >= 15 is 0 Å². The monoisotopic (exact) mass is 1890 g/mol. The van der Waals surface area contributed by atoms with Crippen molar-refractivity contribution < 1.29 is 8.83 Å². The van der Waals surface area contributed by atoms with E-state index in [9.17, 15) is 0 Å². The maximum Gasteiger partial charge on any atom is 0.164 e. The molecule has 684 valence electrons. The lowest BCUT2D eigenvalue weighted by Gasteiger charge is -2.10. The van der Waals surface area contributed by atoms with E-state index in [1.165, 1.54) is 123 Å². The molecule has 0 saturated carbocycles. The van der Waals surface area contributed by atoms with Crippen molar-refractivity contribution in [2.75, 3.05) is 0 Å². The summed E-state index contributed by atoms with van der Waals surface area (Å²) in [5, 5.41) is 29.6. The van der Waals surface area contributed by atoms with Crippen LogP contribution in [0.2, 0.25) is 0 Å². The van der Waals surface area contributed by atoms with E-state index in [1.54, 1.807) is 0 Å². The highest BCUT2D eigenvalue weighted by atomic mass is 32.1. The molecule has 6 heterocycles. The van der Waals surface area contributed by atoms with Crippen LogP contribution in [0.15, 0.2) is 500 Å². The number of rotatable bonds is 12. The van der Waals surface area contributed by atoms with Gasteiger partial charge in [0.1, 0.15) is 22.3 Å². The van der Waals surface area contributed by atoms with Crippen LogP contribution >= 0.6 is 11.3 Å². The zero-order valence-electron chi connectivity index (χ0n) is 79.0. The summed E-state index contributed by atoms with van der Waals surface area (Å²) in [5.41, 5.74) is 18.7. The maximum atomic E-state index is 6.92. The minimum absolute atomic E-state index is 0.631. The SMILES string of the molecule is c1ccc(-c2nc(-c3ccccc3)nc(-c3ccc(-c4cccc5c4oc4c5ccc5c6ccccc6c6ccccc6c54)cc3)n2)cc1.c1ccc(-c2nc(-c3ccccc3)nc(-c3ccc(-c4cccc5c4oc4cc6c7ccccc7c7ccccc7c6cc45)cc3)n2)cc1.c1ccc(-c2nc(-c3ccccc3)nc(-c3ccc(-c4cccc5c4sc4cc6c7ccccc7c7ccccc7c6cc45)cc3)n2)cc1. The minimum atomic E-state index is 0.631. The molecule has 24 aromatic carbocycles. The molecule has 0 spiro atoms. The first-order valence-electron chi connectivity index (χ1n) is 49.3. The fraction of sp³-hybridized carbons (Fsp3) is 0. The molecule has 6 aromatic heterocycles. The lowest BCUT2D eigenvalue weighted by molar-refractivity contribution is 0.670. The summed E-state index contributed by atoms with van der Waals surface area (Å²) >= 11 is 1.88. The van der Waals surface area contributed by atoms with Crippen LogP contribution in [-0.4, -0.2) is 44.9 Å². The van der Waals surface area contributed by atoms with E-state index in [0.717, 1.165) is 122 Å². The lowest BCUT2D eigenvalue weighted by Crippen LogP contribution is -2.00. The fourth-order valence-corrected chi connectivity index (χ4v) is 22.8. The Morgan fingerprint density at radius 3 is 0.707 bits per heavy atom. The van der Waals surface area contributed by atoms with Crippen LogP contribution in [0, 0.1) is 0 Å². The van der Waals surface area contributed by atoms with Gasteiger partial charge in [0.15, 0.2) is 52.4 Å². The molecule has 0 amide bonds. The lowest BCUT2D eigenvalue weighted by atomic mass is 9.93. The molecule has 0 bridgehead atoms. The van der Waals surface area contributed by atoms with Gasteiger partial charge in [-0.1, -0.05) is 461 Å². The molecule has 0 saturated heterocycles. The van der Waals surface area contributed by atoms with Crippen molar-refractivity contribution in [1.29, 1.82) is 0 Å². The Morgan fingerprint density at radius 1 is 0.136 bits per heavy atom. The highest BCUT2D eigenvalue weighted by Crippen LogP contribution is 2.50. The summed E-state index contributed by atoms with van der Waals surface area (Å²) in [5.74, 6) is 5.83. The largest absolute Gasteiger partial charge is 0.455 e. The van der Waals surface area contributed by atoms with Gasteiger partial charge in [-0.25, -0.2) is 44.9 Å². The Morgan fingerprint density at radius 2 is 0.361 bits per heavy atom. The van der Waals surface area contributed by atoms with Crippen LogP contribution in [0.3, 0.4) is 0 Å². The second-order valence-corrected chi connectivity index (χ2v) is 38.2. The topological polar surface area (TPSA) is 142 Å². The van der Waals surface area contributed by atoms with Crippen molar-refractivity contribution in [1.82, 2.24) is 44.9 Å². The van der Waals surface area contributed by atoms with Crippen LogP contribution in [0.25, 0.3) is 297 Å². The van der Waals surface area contributed by atoms with Crippen molar-refractivity contribution in [3.05, 3.63) is 491 Å². The van der Waals surface area contributed by atoms with Gasteiger partial charge in [-0.2, -0.15) is 0 Å². The Bertz CT molecular complexity index is 9780. The molecule has 0 fully saturated rings.